The number of ether oxygens (including phenoxy) is 1. The van der Waals surface area contributed by atoms with Crippen LogP contribution in [-0.4, -0.2) is 35.9 Å². The van der Waals surface area contributed by atoms with Crippen LogP contribution in [0.15, 0.2) is 24.3 Å². The lowest BCUT2D eigenvalue weighted by Crippen LogP contribution is -2.34. The number of carbonyl (C=O) groups is 2. The molecule has 1 heterocycles. The van der Waals surface area contributed by atoms with Gasteiger partial charge >= 0.3 is 6.61 Å². The third-order valence-electron chi connectivity index (χ3n) is 2.99. The van der Waals surface area contributed by atoms with E-state index in [4.69, 9.17) is 0 Å². The summed E-state index contributed by atoms with van der Waals surface area (Å²) in [7, 11) is 0. The molecule has 2 rings (SSSR count). The minimum absolute atomic E-state index is 0.00961. The van der Waals surface area contributed by atoms with Crippen molar-refractivity contribution in [2.45, 2.75) is 26.0 Å². The predicted octanol–water partition coefficient (Wildman–Crippen LogP) is 1.85. The Morgan fingerprint density at radius 2 is 2.10 bits per heavy atom. The summed E-state index contributed by atoms with van der Waals surface area (Å²) in [4.78, 5) is 24.7. The molecule has 1 aliphatic rings. The zero-order valence-corrected chi connectivity index (χ0v) is 10.8. The van der Waals surface area contributed by atoms with Crippen molar-refractivity contribution in [2.24, 2.45) is 0 Å². The number of carbonyl (C=O) groups excluding carboxylic acids is 2. The summed E-state index contributed by atoms with van der Waals surface area (Å²) in [5.41, 5.74) is 0.261. The van der Waals surface area contributed by atoms with Crippen LogP contribution in [0.2, 0.25) is 0 Å². The predicted molar refractivity (Wildman–Crippen MR) is 67.5 cm³/mol. The van der Waals surface area contributed by atoms with Crippen molar-refractivity contribution in [3.8, 4) is 5.75 Å². The van der Waals surface area contributed by atoms with Gasteiger partial charge in [-0.2, -0.15) is 8.78 Å². The van der Waals surface area contributed by atoms with Gasteiger partial charge in [0, 0.05) is 6.54 Å². The second-order valence-electron chi connectivity index (χ2n) is 4.25. The van der Waals surface area contributed by atoms with Gasteiger partial charge < -0.3 is 10.1 Å². The van der Waals surface area contributed by atoms with Crippen LogP contribution in [0.3, 0.4) is 0 Å². The highest BCUT2D eigenvalue weighted by atomic mass is 19.3. The molecule has 0 saturated carbocycles. The highest BCUT2D eigenvalue weighted by Crippen LogP contribution is 2.28. The number of para-hydroxylation sites is 2. The van der Waals surface area contributed by atoms with Gasteiger partial charge in [0.25, 0.3) is 5.91 Å². The first-order valence-electron chi connectivity index (χ1n) is 6.17. The fraction of sp³-hybridized carbons (Fsp3) is 0.385. The number of hydrogen-bond donors (Lipinski definition) is 1. The minimum Gasteiger partial charge on any atom is -0.433 e. The number of likely N-dealkylation sites (tertiary alicyclic amines) is 1. The number of halogens is 2. The van der Waals surface area contributed by atoms with Gasteiger partial charge in [-0.15, -0.1) is 0 Å². The van der Waals surface area contributed by atoms with Gasteiger partial charge in [0.2, 0.25) is 5.91 Å². The van der Waals surface area contributed by atoms with E-state index in [0.717, 1.165) is 4.90 Å². The number of rotatable bonds is 5. The molecule has 0 bridgehead atoms. The molecule has 2 amide bonds. The third kappa shape index (κ3) is 2.87. The van der Waals surface area contributed by atoms with Gasteiger partial charge in [0.15, 0.2) is 0 Å². The van der Waals surface area contributed by atoms with E-state index in [1.165, 1.54) is 12.1 Å². The Hall–Kier alpha value is -2.18. The Bertz CT molecular complexity index is 522. The maximum atomic E-state index is 12.3. The molecule has 1 saturated heterocycles. The fourth-order valence-electron chi connectivity index (χ4n) is 2.10. The van der Waals surface area contributed by atoms with Gasteiger partial charge in [-0.1, -0.05) is 12.1 Å². The van der Waals surface area contributed by atoms with E-state index in [9.17, 15) is 18.4 Å². The maximum absolute atomic E-state index is 12.3. The number of benzene rings is 1. The third-order valence-corrected chi connectivity index (χ3v) is 2.99. The SMILES string of the molecule is CCN1C(=O)CC(Nc2ccccc2OC(F)F)C1=O. The smallest absolute Gasteiger partial charge is 0.387 e. The van der Waals surface area contributed by atoms with Crippen LogP contribution in [0.1, 0.15) is 13.3 Å². The molecular formula is C13H14F2N2O3. The molecule has 0 spiro atoms. The quantitative estimate of drug-likeness (QED) is 0.838. The number of hydrogen-bond acceptors (Lipinski definition) is 4. The summed E-state index contributed by atoms with van der Waals surface area (Å²) in [6, 6.07) is 5.31. The van der Waals surface area contributed by atoms with Crippen molar-refractivity contribution in [3.05, 3.63) is 24.3 Å². The van der Waals surface area contributed by atoms with E-state index in [1.807, 2.05) is 0 Å². The van der Waals surface area contributed by atoms with Gasteiger partial charge in [-0.25, -0.2) is 0 Å². The zero-order valence-electron chi connectivity index (χ0n) is 10.8. The van der Waals surface area contributed by atoms with Crippen LogP contribution in [0, 0.1) is 0 Å². The molecule has 0 aromatic heterocycles. The van der Waals surface area contributed by atoms with Crippen molar-refractivity contribution < 1.29 is 23.1 Å². The van der Waals surface area contributed by atoms with Crippen LogP contribution < -0.4 is 10.1 Å². The molecule has 108 valence electrons. The molecule has 0 radical (unpaired) electrons. The molecule has 1 aliphatic heterocycles. The number of nitrogens with zero attached hydrogens (tertiary/aromatic N) is 1. The monoisotopic (exact) mass is 284 g/mol. The Kier molecular flexibility index (Phi) is 4.16. The summed E-state index contributed by atoms with van der Waals surface area (Å²) < 4.78 is 28.9. The Balaban J connectivity index is 2.15. The maximum Gasteiger partial charge on any atom is 0.387 e. The van der Waals surface area contributed by atoms with Crippen molar-refractivity contribution in [3.63, 3.8) is 0 Å². The average molecular weight is 284 g/mol. The number of imide groups is 1. The van der Waals surface area contributed by atoms with E-state index < -0.39 is 12.7 Å². The number of likely N-dealkylation sites (N-methyl/N-ethyl adjacent to an activating group) is 1. The first-order valence-corrected chi connectivity index (χ1v) is 6.17. The fourth-order valence-corrected chi connectivity index (χ4v) is 2.10. The van der Waals surface area contributed by atoms with Crippen LogP contribution in [0.25, 0.3) is 0 Å². The Morgan fingerprint density at radius 3 is 2.70 bits per heavy atom. The lowest BCUT2D eigenvalue weighted by molar-refractivity contribution is -0.138. The van der Waals surface area contributed by atoms with E-state index in [2.05, 4.69) is 10.1 Å². The topological polar surface area (TPSA) is 58.6 Å². The highest BCUT2D eigenvalue weighted by molar-refractivity contribution is 6.06. The number of amides is 2. The molecule has 5 nitrogen and oxygen atoms in total. The van der Waals surface area contributed by atoms with Gasteiger partial charge in [-0.05, 0) is 19.1 Å². The van der Waals surface area contributed by atoms with Crippen LogP contribution in [0.5, 0.6) is 5.75 Å². The molecule has 1 N–H and O–H groups in total. The van der Waals surface area contributed by atoms with Crippen molar-refractivity contribution in [1.82, 2.24) is 4.90 Å². The van der Waals surface area contributed by atoms with E-state index in [0.29, 0.717) is 6.54 Å². The number of alkyl halides is 2. The molecule has 1 atom stereocenters. The van der Waals surface area contributed by atoms with Crippen molar-refractivity contribution in [2.75, 3.05) is 11.9 Å². The summed E-state index contributed by atoms with van der Waals surface area (Å²) in [5.74, 6) is -0.690. The van der Waals surface area contributed by atoms with Gasteiger partial charge in [0.05, 0.1) is 12.1 Å². The molecule has 1 aromatic rings. The average Bonchev–Trinajstić information content (AvgIpc) is 2.66. The van der Waals surface area contributed by atoms with E-state index >= 15 is 0 Å². The highest BCUT2D eigenvalue weighted by Gasteiger charge is 2.37. The summed E-state index contributed by atoms with van der Waals surface area (Å²) in [6.07, 6.45) is 0.00961. The largest absolute Gasteiger partial charge is 0.433 e. The molecule has 1 aromatic carbocycles. The summed E-state index contributed by atoms with van der Waals surface area (Å²) in [6.45, 7) is -0.956. The molecule has 20 heavy (non-hydrogen) atoms. The molecular weight excluding hydrogens is 270 g/mol. The standard InChI is InChI=1S/C13H14F2N2O3/c1-2-17-11(18)7-9(12(17)19)16-8-5-3-4-6-10(8)20-13(14)15/h3-6,9,13,16H,2,7H2,1H3. The Morgan fingerprint density at radius 1 is 1.40 bits per heavy atom. The summed E-state index contributed by atoms with van der Waals surface area (Å²) in [5, 5.41) is 2.79. The second kappa shape index (κ2) is 5.85. The van der Waals surface area contributed by atoms with E-state index in [-0.39, 0.29) is 29.7 Å². The number of anilines is 1. The molecule has 1 unspecified atom stereocenters. The molecule has 0 aliphatic carbocycles. The van der Waals surface area contributed by atoms with Crippen LogP contribution >= 0.6 is 0 Å². The number of nitrogens with one attached hydrogen (secondary N) is 1. The first-order chi connectivity index (χ1) is 9.52. The zero-order chi connectivity index (χ0) is 14.7. The summed E-state index contributed by atoms with van der Waals surface area (Å²) >= 11 is 0. The minimum atomic E-state index is -2.95. The molecule has 1 fully saturated rings. The Labute approximate surface area is 114 Å². The van der Waals surface area contributed by atoms with Gasteiger partial charge in [0.1, 0.15) is 11.8 Å². The first kappa shape index (κ1) is 14.2. The van der Waals surface area contributed by atoms with E-state index in [1.54, 1.807) is 19.1 Å². The van der Waals surface area contributed by atoms with Crippen molar-refractivity contribution in [1.29, 1.82) is 0 Å². The van der Waals surface area contributed by atoms with Crippen molar-refractivity contribution >= 4 is 17.5 Å². The van der Waals surface area contributed by atoms with Crippen LogP contribution in [-0.2, 0) is 9.59 Å². The molecule has 7 heteroatoms. The van der Waals surface area contributed by atoms with Gasteiger partial charge in [-0.3, -0.25) is 14.5 Å². The normalized spacial score (nSPS) is 18.8. The lowest BCUT2D eigenvalue weighted by Gasteiger charge is -2.16. The van der Waals surface area contributed by atoms with Crippen LogP contribution in [0.4, 0.5) is 14.5 Å². The second-order valence-corrected chi connectivity index (χ2v) is 4.25. The lowest BCUT2D eigenvalue weighted by atomic mass is 10.2.